The topological polar surface area (TPSA) is 24.1 Å². The fourth-order valence-electron chi connectivity index (χ4n) is 2.33. The van der Waals surface area contributed by atoms with Crippen LogP contribution in [0.4, 0.5) is 0 Å². The normalized spacial score (nSPS) is 15.8. The van der Waals surface area contributed by atoms with Gasteiger partial charge in [-0.05, 0) is 12.1 Å². The van der Waals surface area contributed by atoms with E-state index in [2.05, 4.69) is 93.7 Å². The van der Waals surface area contributed by atoms with Crippen molar-refractivity contribution in [2.75, 3.05) is 0 Å². The van der Waals surface area contributed by atoms with E-state index < -0.39 is 0 Å². The number of rotatable bonds is 9. The minimum atomic E-state index is 0. The Balaban J connectivity index is -0.000000164. The molecule has 0 aromatic heterocycles. The van der Waals surface area contributed by atoms with Crippen LogP contribution in [0.5, 0.6) is 0 Å². The van der Waals surface area contributed by atoms with Crippen molar-refractivity contribution in [3.8, 4) is 0 Å². The summed E-state index contributed by atoms with van der Waals surface area (Å²) < 4.78 is 0. The zero-order valence-corrected chi connectivity index (χ0v) is 24.0. The number of hydrogen-bond acceptors (Lipinski definition) is 2. The third-order valence-corrected chi connectivity index (χ3v) is 4.15. The number of nitrogens with one attached hydrogen (secondary N) is 2. The molecule has 0 spiro atoms. The maximum Gasteiger partial charge on any atom is 0.00109 e. The Morgan fingerprint density at radius 3 is 1.24 bits per heavy atom. The van der Waals surface area contributed by atoms with Gasteiger partial charge in [0.1, 0.15) is 0 Å². The van der Waals surface area contributed by atoms with Gasteiger partial charge in [-0.3, -0.25) is 0 Å². The monoisotopic (exact) mass is 502 g/mol. The van der Waals surface area contributed by atoms with Gasteiger partial charge in [-0.1, -0.05) is 67.2 Å². The maximum absolute atomic E-state index is 4.16. The van der Waals surface area contributed by atoms with E-state index in [9.17, 15) is 0 Å². The fraction of sp³-hybridized carbons (Fsp3) is 0.810. The van der Waals surface area contributed by atoms with Crippen LogP contribution >= 0.6 is 0 Å². The van der Waals surface area contributed by atoms with Crippen LogP contribution in [0.25, 0.3) is 0 Å². The molecule has 2 N–H and O–H groups in total. The summed E-state index contributed by atoms with van der Waals surface area (Å²) >= 11 is 0. The molecule has 148 valence electrons. The van der Waals surface area contributed by atoms with Gasteiger partial charge in [0.15, 0.2) is 0 Å². The standard InChI is InChI=1S/C11H23N.C10H21N.2Y/c1-7-11(12-9(4)5)10(6)8(2)3;1-7(2)9(5)10(6)11-8(3)4;;/h8-12H,1,6-7H2,2-5H3;7-11H,5-6H2,1-4H3;;/q2*-2;;/t10-,11-;9-,10-;;/m11../s1. The van der Waals surface area contributed by atoms with Crippen molar-refractivity contribution in [1.82, 2.24) is 10.6 Å². The summed E-state index contributed by atoms with van der Waals surface area (Å²) in [5.41, 5.74) is 0. The van der Waals surface area contributed by atoms with Crippen LogP contribution in [0.15, 0.2) is 0 Å². The van der Waals surface area contributed by atoms with E-state index in [-0.39, 0.29) is 71.5 Å². The molecule has 0 aromatic rings. The summed E-state index contributed by atoms with van der Waals surface area (Å²) in [6.45, 7) is 33.6. The van der Waals surface area contributed by atoms with Crippen molar-refractivity contribution >= 4 is 0 Å². The molecule has 4 atom stereocenters. The van der Waals surface area contributed by atoms with Gasteiger partial charge >= 0.3 is 0 Å². The van der Waals surface area contributed by atoms with E-state index in [1.807, 2.05) is 0 Å². The molecule has 4 heteroatoms. The van der Waals surface area contributed by atoms with Gasteiger partial charge < -0.3 is 38.3 Å². The number of hydrogen-bond donors (Lipinski definition) is 2. The zero-order chi connectivity index (χ0) is 18.7. The van der Waals surface area contributed by atoms with Crippen LogP contribution in [-0.2, 0) is 65.4 Å². The molecular weight excluding hydrogens is 458 g/mol. The van der Waals surface area contributed by atoms with Gasteiger partial charge in [-0.25, -0.2) is 0 Å². The van der Waals surface area contributed by atoms with Gasteiger partial charge in [0.05, 0.1) is 0 Å². The van der Waals surface area contributed by atoms with Crippen molar-refractivity contribution in [1.29, 1.82) is 0 Å². The predicted octanol–water partition coefficient (Wildman–Crippen LogP) is 4.97. The summed E-state index contributed by atoms with van der Waals surface area (Å²) in [5, 5.41) is 6.84. The Bertz CT molecular complexity index is 269. The Morgan fingerprint density at radius 2 is 1.00 bits per heavy atom. The van der Waals surface area contributed by atoms with Crippen molar-refractivity contribution < 1.29 is 65.4 Å². The first-order valence-corrected chi connectivity index (χ1v) is 9.24. The van der Waals surface area contributed by atoms with Crippen molar-refractivity contribution in [3.05, 3.63) is 27.7 Å². The first-order chi connectivity index (χ1) is 10.4. The molecule has 0 rings (SSSR count). The van der Waals surface area contributed by atoms with Crippen LogP contribution in [0.2, 0.25) is 0 Å². The molecule has 0 saturated heterocycles. The van der Waals surface area contributed by atoms with Crippen molar-refractivity contribution in [2.24, 2.45) is 23.7 Å². The second-order valence-corrected chi connectivity index (χ2v) is 7.96. The first-order valence-electron chi connectivity index (χ1n) is 9.24. The van der Waals surface area contributed by atoms with Crippen molar-refractivity contribution in [3.63, 3.8) is 0 Å². The molecule has 0 aliphatic carbocycles. The van der Waals surface area contributed by atoms with Gasteiger partial charge in [-0.15, -0.1) is 6.04 Å². The Hall–Kier alpha value is 2.13. The molecule has 2 radical (unpaired) electrons. The molecule has 0 bridgehead atoms. The molecule has 0 aliphatic rings. The first kappa shape index (κ1) is 34.6. The molecular formula is C21H44N2Y2-4. The Kier molecular flexibility index (Phi) is 26.9. The largest absolute Gasteiger partial charge is 0.343 e. The van der Waals surface area contributed by atoms with E-state index in [1.165, 1.54) is 0 Å². The molecule has 25 heavy (non-hydrogen) atoms. The van der Waals surface area contributed by atoms with Gasteiger partial charge in [-0.2, -0.15) is 18.3 Å². The van der Waals surface area contributed by atoms with Gasteiger partial charge in [0, 0.05) is 71.5 Å². The van der Waals surface area contributed by atoms with Crippen molar-refractivity contribution in [2.45, 2.75) is 86.0 Å². The molecule has 0 heterocycles. The molecule has 0 aromatic carbocycles. The molecule has 2 nitrogen and oxygen atoms in total. The van der Waals surface area contributed by atoms with E-state index in [0.717, 1.165) is 6.42 Å². The molecule has 0 unspecified atom stereocenters. The summed E-state index contributed by atoms with van der Waals surface area (Å²) in [7, 11) is 0. The summed E-state index contributed by atoms with van der Waals surface area (Å²) in [4.78, 5) is 0. The average molecular weight is 502 g/mol. The van der Waals surface area contributed by atoms with Gasteiger partial charge in [0.2, 0.25) is 0 Å². The molecule has 0 saturated carbocycles. The van der Waals surface area contributed by atoms with Gasteiger partial charge in [0.25, 0.3) is 0 Å². The average Bonchev–Trinajstić information content (AvgIpc) is 2.42. The van der Waals surface area contributed by atoms with Crippen LogP contribution in [0.1, 0.15) is 61.8 Å². The minimum Gasteiger partial charge on any atom is -0.343 e. The Morgan fingerprint density at radius 1 is 0.640 bits per heavy atom. The van der Waals surface area contributed by atoms with Crippen LogP contribution in [-0.4, -0.2) is 24.2 Å². The summed E-state index contributed by atoms with van der Waals surface area (Å²) in [6.07, 6.45) is 0.921. The van der Waals surface area contributed by atoms with E-state index in [1.54, 1.807) is 0 Å². The molecule has 0 aliphatic heterocycles. The van der Waals surface area contributed by atoms with Crippen LogP contribution in [0.3, 0.4) is 0 Å². The maximum atomic E-state index is 4.16. The quantitative estimate of drug-likeness (QED) is 0.435. The Labute approximate surface area is 211 Å². The van der Waals surface area contributed by atoms with E-state index in [0.29, 0.717) is 41.8 Å². The third-order valence-electron chi connectivity index (χ3n) is 4.15. The smallest absolute Gasteiger partial charge is 0.00109 e. The van der Waals surface area contributed by atoms with Crippen LogP contribution in [0, 0.1) is 51.4 Å². The SMILES string of the molecule is [CH2-]C[C@@H](NC(C)C)[C@H]([CH2-])C(C)C.[CH2-][C@H](C(C)C)[C@@H]([CH2-])NC(C)C.[Y].[Y]. The van der Waals surface area contributed by atoms with Crippen LogP contribution < -0.4 is 10.6 Å². The fourth-order valence-corrected chi connectivity index (χ4v) is 2.33. The molecule has 0 fully saturated rings. The van der Waals surface area contributed by atoms with E-state index in [4.69, 9.17) is 0 Å². The second kappa shape index (κ2) is 19.4. The third kappa shape index (κ3) is 19.2. The minimum absolute atomic E-state index is 0. The molecule has 0 amide bonds. The predicted molar refractivity (Wildman–Crippen MR) is 107 cm³/mol. The second-order valence-electron chi connectivity index (χ2n) is 7.96. The summed E-state index contributed by atoms with van der Waals surface area (Å²) in [6, 6.07) is 1.76. The zero-order valence-electron chi connectivity index (χ0n) is 18.3. The summed E-state index contributed by atoms with van der Waals surface area (Å²) in [5.74, 6) is 2.09. The van der Waals surface area contributed by atoms with E-state index >= 15 is 0 Å².